The van der Waals surface area contributed by atoms with Crippen molar-refractivity contribution >= 4 is 21.4 Å². The summed E-state index contributed by atoms with van der Waals surface area (Å²) in [6.45, 7) is 0.953. The van der Waals surface area contributed by atoms with E-state index in [4.69, 9.17) is 9.47 Å². The minimum atomic E-state index is -5.00. The maximum Gasteiger partial charge on any atom is 0.435 e. The van der Waals surface area contributed by atoms with Crippen molar-refractivity contribution in [3.05, 3.63) is 58.9 Å². The van der Waals surface area contributed by atoms with Crippen LogP contribution in [0.1, 0.15) is 46.6 Å². The number of nitrogens with one attached hydrogen (secondary N) is 1. The fraction of sp³-hybridized carbons (Fsp3) is 0.360. The number of aromatic nitrogens is 3. The first-order valence-electron chi connectivity index (χ1n) is 11.8. The van der Waals surface area contributed by atoms with Gasteiger partial charge in [-0.05, 0) is 55.7 Å². The number of halogens is 6. The van der Waals surface area contributed by atoms with E-state index < -0.39 is 62.1 Å². The summed E-state index contributed by atoms with van der Waals surface area (Å²) in [6.07, 6.45) is -8.67. The number of amides is 1. The van der Waals surface area contributed by atoms with Crippen LogP contribution in [0.5, 0.6) is 17.5 Å². The highest BCUT2D eigenvalue weighted by Crippen LogP contribution is 2.54. The molecule has 1 aromatic carbocycles. The minimum absolute atomic E-state index is 0.0600. The molecule has 0 aliphatic heterocycles. The molecule has 0 spiro atoms. The van der Waals surface area contributed by atoms with Gasteiger partial charge in [0, 0.05) is 11.9 Å². The Labute approximate surface area is 229 Å². The molecule has 1 amide bonds. The number of carbonyl (C=O) groups is 1. The number of anilines is 1. The Balaban J connectivity index is 1.76. The lowest BCUT2D eigenvalue weighted by Crippen LogP contribution is -2.48. The van der Waals surface area contributed by atoms with Crippen molar-refractivity contribution < 1.29 is 49.0 Å². The van der Waals surface area contributed by atoms with Crippen molar-refractivity contribution in [2.45, 2.75) is 48.8 Å². The normalized spacial score (nSPS) is 15.1. The Morgan fingerprint density at radius 3 is 2.24 bits per heavy atom. The summed E-state index contributed by atoms with van der Waals surface area (Å²) >= 11 is 0. The van der Waals surface area contributed by atoms with E-state index in [1.54, 1.807) is 0 Å². The second-order valence-electron chi connectivity index (χ2n) is 9.35. The number of ether oxygens (including phenoxy) is 2. The molecule has 1 aliphatic carbocycles. The van der Waals surface area contributed by atoms with Crippen molar-refractivity contribution in [1.82, 2.24) is 15.2 Å². The van der Waals surface area contributed by atoms with Gasteiger partial charge in [0.05, 0.1) is 17.7 Å². The lowest BCUT2D eigenvalue weighted by Gasteiger charge is -2.42. The molecule has 1 N–H and O–H groups in total. The largest absolute Gasteiger partial charge is 0.478 e. The van der Waals surface area contributed by atoms with Crippen LogP contribution in [0.3, 0.4) is 0 Å². The van der Waals surface area contributed by atoms with Crippen molar-refractivity contribution in [3.63, 3.8) is 0 Å². The highest BCUT2D eigenvalue weighted by molar-refractivity contribution is 7.90. The van der Waals surface area contributed by atoms with E-state index in [9.17, 15) is 39.6 Å². The quantitative estimate of drug-likeness (QED) is 0.344. The van der Waals surface area contributed by atoms with Crippen molar-refractivity contribution in [1.29, 1.82) is 0 Å². The third-order valence-electron chi connectivity index (χ3n) is 6.67. The molecule has 0 bridgehead atoms. The van der Waals surface area contributed by atoms with Crippen LogP contribution < -0.4 is 14.8 Å². The average molecular weight is 605 g/mol. The molecule has 1 aliphatic rings. The van der Waals surface area contributed by atoms with Crippen molar-refractivity contribution in [2.75, 3.05) is 18.7 Å². The molecule has 0 unspecified atom stereocenters. The Hall–Kier alpha value is -3.95. The van der Waals surface area contributed by atoms with Gasteiger partial charge in [-0.3, -0.25) is 4.79 Å². The first-order valence-corrected chi connectivity index (χ1v) is 13.7. The Morgan fingerprint density at radius 1 is 1.02 bits per heavy atom. The Bertz CT molecular complexity index is 1600. The van der Waals surface area contributed by atoms with Crippen LogP contribution >= 0.6 is 0 Å². The van der Waals surface area contributed by atoms with E-state index in [1.165, 1.54) is 18.2 Å². The predicted molar refractivity (Wildman–Crippen MR) is 132 cm³/mol. The number of benzene rings is 1. The number of methoxy groups -OCH3 is 1. The number of alkyl halides is 6. The van der Waals surface area contributed by atoms with Crippen LogP contribution in [0, 0.1) is 6.92 Å². The molecule has 3 aromatic rings. The van der Waals surface area contributed by atoms with Gasteiger partial charge in [-0.2, -0.15) is 26.3 Å². The van der Waals surface area contributed by atoms with Crippen molar-refractivity contribution in [2.24, 2.45) is 0 Å². The summed E-state index contributed by atoms with van der Waals surface area (Å²) in [5.74, 6) is -2.65. The molecular formula is C25H22F6N4O5S. The van der Waals surface area contributed by atoms with E-state index in [0.717, 1.165) is 38.5 Å². The summed E-state index contributed by atoms with van der Waals surface area (Å²) in [5, 5.41) is 8.88. The number of pyridine rings is 1. The van der Waals surface area contributed by atoms with Gasteiger partial charge in [0.2, 0.25) is 0 Å². The third kappa shape index (κ3) is 5.78. The van der Waals surface area contributed by atoms with Gasteiger partial charge in [-0.1, -0.05) is 12.5 Å². The van der Waals surface area contributed by atoms with Crippen LogP contribution in [0.4, 0.5) is 32.0 Å². The Kier molecular flexibility index (Phi) is 7.66. The molecule has 9 nitrogen and oxygen atoms in total. The zero-order valence-electron chi connectivity index (χ0n) is 21.6. The fourth-order valence-electron chi connectivity index (χ4n) is 4.34. The highest BCUT2D eigenvalue weighted by atomic mass is 32.2. The molecule has 0 radical (unpaired) electrons. The number of nitrogens with zero attached hydrogens (tertiary/aromatic N) is 3. The summed E-state index contributed by atoms with van der Waals surface area (Å²) in [4.78, 5) is 17.0. The number of rotatable bonds is 7. The number of sulfone groups is 1. The number of hydrogen-bond donors (Lipinski definition) is 1. The summed E-state index contributed by atoms with van der Waals surface area (Å²) in [5.41, 5.74) is -5.43. The van der Waals surface area contributed by atoms with Gasteiger partial charge in [0.15, 0.2) is 21.3 Å². The maximum absolute atomic E-state index is 13.8. The molecule has 220 valence electrons. The van der Waals surface area contributed by atoms with Gasteiger partial charge in [-0.15, -0.1) is 10.2 Å². The predicted octanol–water partition coefficient (Wildman–Crippen LogP) is 5.64. The van der Waals surface area contributed by atoms with Gasteiger partial charge in [-0.25, -0.2) is 13.4 Å². The summed E-state index contributed by atoms with van der Waals surface area (Å²) in [7, 11) is -2.57. The minimum Gasteiger partial charge on any atom is -0.478 e. The monoisotopic (exact) mass is 604 g/mol. The van der Waals surface area contributed by atoms with Gasteiger partial charge < -0.3 is 14.8 Å². The second-order valence-corrected chi connectivity index (χ2v) is 11.4. The standard InChI is InChI=1S/C25H22F6N4O5S/c1-13-18(20(36)32-14-6-4-7-15(12-14)41(3,37)38)22(35-34-19(13)24(26,27)28)40-16-8-9-17(33-21(16)39-2)23(10-5-11-23)25(29,30)31/h4,6-9,12H,5,10-11H2,1-3H3,(H,32,36). The molecule has 2 aromatic heterocycles. The number of hydrogen-bond acceptors (Lipinski definition) is 8. The van der Waals surface area contributed by atoms with Gasteiger partial charge in [0.25, 0.3) is 17.7 Å². The molecule has 41 heavy (non-hydrogen) atoms. The van der Waals surface area contributed by atoms with E-state index in [1.807, 2.05) is 0 Å². The Morgan fingerprint density at radius 2 is 1.71 bits per heavy atom. The summed E-state index contributed by atoms with van der Waals surface area (Å²) in [6, 6.07) is 7.13. The molecular weight excluding hydrogens is 582 g/mol. The topological polar surface area (TPSA) is 120 Å². The zero-order valence-corrected chi connectivity index (χ0v) is 22.5. The van der Waals surface area contributed by atoms with Crippen LogP contribution in [0.2, 0.25) is 0 Å². The van der Waals surface area contributed by atoms with E-state index in [0.29, 0.717) is 6.42 Å². The average Bonchev–Trinajstić information content (AvgIpc) is 2.82. The third-order valence-corrected chi connectivity index (χ3v) is 7.78. The van der Waals surface area contributed by atoms with Crippen LogP contribution in [0.15, 0.2) is 41.3 Å². The van der Waals surface area contributed by atoms with E-state index >= 15 is 0 Å². The molecule has 0 saturated heterocycles. The SMILES string of the molecule is COc1nc(C2(C(F)(F)F)CCC2)ccc1Oc1nnc(C(F)(F)F)c(C)c1C(=O)Nc1cccc(S(C)(=O)=O)c1. The highest BCUT2D eigenvalue weighted by Gasteiger charge is 2.60. The molecule has 2 heterocycles. The first kappa shape index (κ1) is 30.0. The lowest BCUT2D eigenvalue weighted by molar-refractivity contribution is -0.214. The lowest BCUT2D eigenvalue weighted by atomic mass is 9.66. The smallest absolute Gasteiger partial charge is 0.435 e. The molecule has 0 atom stereocenters. The maximum atomic E-state index is 13.8. The fourth-order valence-corrected chi connectivity index (χ4v) is 5.01. The first-order chi connectivity index (χ1) is 19.0. The number of carbonyl (C=O) groups excluding carboxylic acids is 1. The van der Waals surface area contributed by atoms with Crippen LogP contribution in [-0.4, -0.2) is 49.0 Å². The summed E-state index contributed by atoms with van der Waals surface area (Å²) < 4.78 is 117. The van der Waals surface area contributed by atoms with E-state index in [2.05, 4.69) is 20.5 Å². The molecule has 16 heteroatoms. The molecule has 1 saturated carbocycles. The molecule has 4 rings (SSSR count). The van der Waals surface area contributed by atoms with Crippen LogP contribution in [0.25, 0.3) is 0 Å². The molecule has 1 fully saturated rings. The van der Waals surface area contributed by atoms with Crippen molar-refractivity contribution in [3.8, 4) is 17.5 Å². The van der Waals surface area contributed by atoms with Gasteiger partial charge >= 0.3 is 12.4 Å². The van der Waals surface area contributed by atoms with Gasteiger partial charge in [0.1, 0.15) is 11.0 Å². The van der Waals surface area contributed by atoms with E-state index in [-0.39, 0.29) is 34.9 Å². The van der Waals surface area contributed by atoms with Crippen LogP contribution in [-0.2, 0) is 21.4 Å². The zero-order chi connectivity index (χ0) is 30.4. The second kappa shape index (κ2) is 10.5.